The van der Waals surface area contributed by atoms with Gasteiger partial charge in [0.05, 0.1) is 0 Å². The summed E-state index contributed by atoms with van der Waals surface area (Å²) in [6, 6.07) is 6.65. The minimum Gasteiger partial charge on any atom is -0.399 e. The van der Waals surface area contributed by atoms with E-state index in [0.717, 1.165) is 17.8 Å². The Bertz CT molecular complexity index is 383. The molecule has 1 aliphatic rings. The summed E-state index contributed by atoms with van der Waals surface area (Å²) in [6.45, 7) is 7.94. The lowest BCUT2D eigenvalue weighted by atomic mass is 10.1. The number of likely N-dealkylation sites (tertiary alicyclic amines) is 1. The number of piperidine rings is 1. The minimum atomic E-state index is 0.478. The van der Waals surface area contributed by atoms with Gasteiger partial charge in [-0.25, -0.2) is 0 Å². The molecule has 0 bridgehead atoms. The highest BCUT2D eigenvalue weighted by atomic mass is 15.1. The van der Waals surface area contributed by atoms with Crippen LogP contribution in [0.25, 0.3) is 0 Å². The summed E-state index contributed by atoms with van der Waals surface area (Å²) in [4.78, 5) is 2.56. The van der Waals surface area contributed by atoms with E-state index >= 15 is 0 Å². The van der Waals surface area contributed by atoms with Crippen LogP contribution in [-0.4, -0.2) is 30.6 Å². The van der Waals surface area contributed by atoms with Gasteiger partial charge in [-0.15, -0.1) is 0 Å². The number of hydrogen-bond donors (Lipinski definition) is 2. The summed E-state index contributed by atoms with van der Waals surface area (Å²) in [7, 11) is 0. The Kier molecular flexibility index (Phi) is 4.48. The number of nitrogens with zero attached hydrogens (tertiary/aromatic N) is 1. The van der Waals surface area contributed by atoms with Crippen LogP contribution in [0, 0.1) is 6.92 Å². The minimum absolute atomic E-state index is 0.478. The lowest BCUT2D eigenvalue weighted by molar-refractivity contribution is 0.223. The molecule has 0 aromatic heterocycles. The molecule has 1 fully saturated rings. The van der Waals surface area contributed by atoms with E-state index < -0.39 is 0 Å². The van der Waals surface area contributed by atoms with Gasteiger partial charge in [0.1, 0.15) is 0 Å². The highest BCUT2D eigenvalue weighted by Crippen LogP contribution is 2.18. The Balaban J connectivity index is 1.85. The fraction of sp³-hybridized carbons (Fsp3) is 0.600. The van der Waals surface area contributed by atoms with E-state index in [4.69, 9.17) is 5.73 Å². The molecule has 0 radical (unpaired) electrons. The van der Waals surface area contributed by atoms with Crippen LogP contribution < -0.4 is 11.1 Å². The first-order valence-corrected chi connectivity index (χ1v) is 7.00. The Hall–Kier alpha value is -1.22. The topological polar surface area (TPSA) is 41.3 Å². The molecular weight excluding hydrogens is 222 g/mol. The summed E-state index contributed by atoms with van der Waals surface area (Å²) >= 11 is 0. The quantitative estimate of drug-likeness (QED) is 0.804. The molecular formula is C15H25N3. The second-order valence-electron chi connectivity index (χ2n) is 5.48. The molecule has 18 heavy (non-hydrogen) atoms. The smallest absolute Gasteiger partial charge is 0.0360 e. The third-order valence-corrected chi connectivity index (χ3v) is 3.66. The van der Waals surface area contributed by atoms with Crippen LogP contribution in [0.15, 0.2) is 18.2 Å². The molecule has 3 nitrogen and oxygen atoms in total. The second kappa shape index (κ2) is 6.10. The van der Waals surface area contributed by atoms with Gasteiger partial charge in [0, 0.05) is 24.0 Å². The van der Waals surface area contributed by atoms with E-state index in [-0.39, 0.29) is 0 Å². The Labute approximate surface area is 110 Å². The number of nitrogen functional groups attached to an aromatic ring is 1. The van der Waals surface area contributed by atoms with Crippen LogP contribution in [0.4, 0.5) is 11.4 Å². The molecule has 1 saturated heterocycles. The fourth-order valence-corrected chi connectivity index (χ4v) is 2.62. The zero-order valence-corrected chi connectivity index (χ0v) is 11.6. The van der Waals surface area contributed by atoms with Crippen LogP contribution in [0.1, 0.15) is 31.7 Å². The number of hydrogen-bond acceptors (Lipinski definition) is 3. The van der Waals surface area contributed by atoms with Crippen molar-refractivity contribution in [3.05, 3.63) is 23.8 Å². The van der Waals surface area contributed by atoms with Crippen LogP contribution >= 0.6 is 0 Å². The highest BCUT2D eigenvalue weighted by molar-refractivity contribution is 5.56. The van der Waals surface area contributed by atoms with Crippen LogP contribution in [0.2, 0.25) is 0 Å². The maximum absolute atomic E-state index is 5.83. The molecule has 0 saturated carbocycles. The molecule has 1 aliphatic heterocycles. The van der Waals surface area contributed by atoms with Crippen molar-refractivity contribution in [3.63, 3.8) is 0 Å². The molecule has 3 N–H and O–H groups in total. The van der Waals surface area contributed by atoms with Crippen molar-refractivity contribution in [2.45, 2.75) is 39.2 Å². The lowest BCUT2D eigenvalue weighted by Gasteiger charge is -2.29. The zero-order valence-electron chi connectivity index (χ0n) is 11.6. The second-order valence-corrected chi connectivity index (χ2v) is 5.48. The van der Waals surface area contributed by atoms with E-state index in [1.165, 1.54) is 38.0 Å². The highest BCUT2D eigenvalue weighted by Gasteiger charge is 2.13. The number of anilines is 2. The molecule has 0 amide bonds. The van der Waals surface area contributed by atoms with Gasteiger partial charge in [-0.05, 0) is 63.5 Å². The molecule has 1 atom stereocenters. The van der Waals surface area contributed by atoms with Crippen LogP contribution in [0.5, 0.6) is 0 Å². The van der Waals surface area contributed by atoms with Gasteiger partial charge >= 0.3 is 0 Å². The number of nitrogens with two attached hydrogens (primary N) is 1. The third kappa shape index (κ3) is 3.64. The maximum atomic E-state index is 5.83. The van der Waals surface area contributed by atoms with Crippen molar-refractivity contribution >= 4 is 11.4 Å². The fourth-order valence-electron chi connectivity index (χ4n) is 2.62. The number of aryl methyl sites for hydroxylation is 1. The number of nitrogens with one attached hydrogen (secondary N) is 1. The van der Waals surface area contributed by atoms with Crippen molar-refractivity contribution in [1.29, 1.82) is 0 Å². The van der Waals surface area contributed by atoms with Gasteiger partial charge in [-0.3, -0.25) is 0 Å². The monoisotopic (exact) mass is 247 g/mol. The van der Waals surface area contributed by atoms with Crippen molar-refractivity contribution < 1.29 is 0 Å². The Morgan fingerprint density at radius 1 is 1.28 bits per heavy atom. The van der Waals surface area contributed by atoms with E-state index in [9.17, 15) is 0 Å². The summed E-state index contributed by atoms with van der Waals surface area (Å²) < 4.78 is 0. The van der Waals surface area contributed by atoms with Crippen molar-refractivity contribution in [1.82, 2.24) is 4.90 Å². The summed E-state index contributed by atoms with van der Waals surface area (Å²) in [5.74, 6) is 0. The first-order chi connectivity index (χ1) is 8.65. The van der Waals surface area contributed by atoms with Gasteiger partial charge in [0.25, 0.3) is 0 Å². The Morgan fingerprint density at radius 3 is 2.67 bits per heavy atom. The molecule has 100 valence electrons. The number of benzene rings is 1. The summed E-state index contributed by atoms with van der Waals surface area (Å²) in [5.41, 5.74) is 9.01. The van der Waals surface area contributed by atoms with Gasteiger partial charge in [-0.1, -0.05) is 6.42 Å². The molecule has 1 aromatic rings. The van der Waals surface area contributed by atoms with E-state index in [0.29, 0.717) is 6.04 Å². The molecule has 0 aliphatic carbocycles. The van der Waals surface area contributed by atoms with Crippen LogP contribution in [0.3, 0.4) is 0 Å². The molecule has 0 spiro atoms. The predicted octanol–water partition coefficient (Wildman–Crippen LogP) is 2.86. The van der Waals surface area contributed by atoms with E-state index in [1.54, 1.807) is 0 Å². The normalized spacial score (nSPS) is 18.6. The maximum Gasteiger partial charge on any atom is 0.0360 e. The van der Waals surface area contributed by atoms with Gasteiger partial charge in [0.15, 0.2) is 0 Å². The van der Waals surface area contributed by atoms with Crippen LogP contribution in [-0.2, 0) is 0 Å². The molecule has 1 aromatic carbocycles. The van der Waals surface area contributed by atoms with Gasteiger partial charge in [0.2, 0.25) is 0 Å². The lowest BCUT2D eigenvalue weighted by Crippen LogP contribution is -2.38. The predicted molar refractivity (Wildman–Crippen MR) is 79.0 cm³/mol. The molecule has 3 heteroatoms. The molecule has 2 rings (SSSR count). The number of rotatable bonds is 4. The Morgan fingerprint density at radius 2 is 2.00 bits per heavy atom. The third-order valence-electron chi connectivity index (χ3n) is 3.66. The molecule has 1 unspecified atom stereocenters. The van der Waals surface area contributed by atoms with Gasteiger partial charge < -0.3 is 16.0 Å². The summed E-state index contributed by atoms with van der Waals surface area (Å²) in [6.07, 6.45) is 4.11. The van der Waals surface area contributed by atoms with Crippen molar-refractivity contribution in [2.24, 2.45) is 0 Å². The van der Waals surface area contributed by atoms with Crippen molar-refractivity contribution in [3.8, 4) is 0 Å². The first kappa shape index (κ1) is 13.2. The molecule has 1 heterocycles. The van der Waals surface area contributed by atoms with Crippen molar-refractivity contribution in [2.75, 3.05) is 30.7 Å². The van der Waals surface area contributed by atoms with Gasteiger partial charge in [-0.2, -0.15) is 0 Å². The SMILES string of the molecule is Cc1cc(NC(C)CN2CCCCC2)ccc1N. The standard InChI is InChI=1S/C15H25N3/c1-12-10-14(6-7-15(12)16)17-13(2)11-18-8-4-3-5-9-18/h6-7,10,13,17H,3-5,8-9,11,16H2,1-2H3. The largest absolute Gasteiger partial charge is 0.399 e. The summed E-state index contributed by atoms with van der Waals surface area (Å²) in [5, 5.41) is 3.56. The average molecular weight is 247 g/mol. The van der Waals surface area contributed by atoms with E-state index in [2.05, 4.69) is 36.2 Å². The van der Waals surface area contributed by atoms with E-state index in [1.807, 2.05) is 6.07 Å². The first-order valence-electron chi connectivity index (χ1n) is 7.00. The average Bonchev–Trinajstić information content (AvgIpc) is 2.35. The zero-order chi connectivity index (χ0) is 13.0.